The molecule has 2 atom stereocenters. The zero-order valence-corrected chi connectivity index (χ0v) is 21.4. The Morgan fingerprint density at radius 2 is 1.83 bits per heavy atom. The van der Waals surface area contributed by atoms with Crippen LogP contribution in [0.1, 0.15) is 18.9 Å². The number of amides is 1. The van der Waals surface area contributed by atoms with E-state index in [1.54, 1.807) is 11.8 Å². The van der Waals surface area contributed by atoms with Crippen molar-refractivity contribution in [1.82, 2.24) is 25.1 Å². The van der Waals surface area contributed by atoms with E-state index in [9.17, 15) is 9.59 Å². The molecule has 35 heavy (non-hydrogen) atoms. The lowest BCUT2D eigenvalue weighted by molar-refractivity contribution is -0.144. The number of rotatable bonds is 10. The molecule has 0 aliphatic carbocycles. The fraction of sp³-hybridized carbons (Fsp3) is 0.320. The number of carbonyl (C=O) groups excluding carboxylic acids is 2. The highest BCUT2D eigenvalue weighted by atomic mass is 32.2. The van der Waals surface area contributed by atoms with Gasteiger partial charge in [-0.1, -0.05) is 67.2 Å². The zero-order valence-electron chi connectivity index (χ0n) is 19.8. The highest BCUT2D eigenvalue weighted by Gasteiger charge is 2.27. The molecule has 182 valence electrons. The number of nitrogens with one attached hydrogen (secondary N) is 1. The summed E-state index contributed by atoms with van der Waals surface area (Å²) < 4.78 is 6.90. The molecule has 2 aromatic heterocycles. The Hall–Kier alpha value is -3.11. The average molecular weight is 510 g/mol. The molecule has 0 aliphatic heterocycles. The maximum atomic E-state index is 13.1. The molecule has 10 heteroatoms. The van der Waals surface area contributed by atoms with E-state index < -0.39 is 17.3 Å². The molecule has 8 nitrogen and oxygen atoms in total. The van der Waals surface area contributed by atoms with E-state index in [1.165, 1.54) is 18.9 Å². The monoisotopic (exact) mass is 509 g/mol. The van der Waals surface area contributed by atoms with E-state index in [2.05, 4.69) is 20.5 Å². The van der Waals surface area contributed by atoms with Gasteiger partial charge in [0, 0.05) is 23.9 Å². The molecule has 0 fully saturated rings. The Morgan fingerprint density at radius 3 is 2.57 bits per heavy atom. The highest BCUT2D eigenvalue weighted by molar-refractivity contribution is 8.00. The number of aromatic nitrogens is 4. The summed E-state index contributed by atoms with van der Waals surface area (Å²) in [5.41, 5.74) is 3.61. The minimum Gasteiger partial charge on any atom is -0.467 e. The van der Waals surface area contributed by atoms with Gasteiger partial charge in [-0.25, -0.2) is 9.78 Å². The Kier molecular flexibility index (Phi) is 8.25. The fourth-order valence-electron chi connectivity index (χ4n) is 3.74. The van der Waals surface area contributed by atoms with E-state index in [-0.39, 0.29) is 5.91 Å². The Labute approximate surface area is 212 Å². The van der Waals surface area contributed by atoms with Crippen molar-refractivity contribution in [3.63, 3.8) is 0 Å². The largest absolute Gasteiger partial charge is 0.467 e. The summed E-state index contributed by atoms with van der Waals surface area (Å²) in [4.78, 5) is 30.1. The van der Waals surface area contributed by atoms with Gasteiger partial charge in [-0.15, -0.1) is 10.2 Å². The summed E-state index contributed by atoms with van der Waals surface area (Å²) >= 11 is 2.81. The van der Waals surface area contributed by atoms with Gasteiger partial charge < -0.3 is 14.6 Å². The van der Waals surface area contributed by atoms with Gasteiger partial charge in [-0.05, 0) is 18.1 Å². The summed E-state index contributed by atoms with van der Waals surface area (Å²) in [5, 5.41) is 12.4. The topological polar surface area (TPSA) is 99.0 Å². The van der Waals surface area contributed by atoms with Crippen molar-refractivity contribution >= 4 is 57.5 Å². The molecular weight excluding hydrogens is 482 g/mol. The van der Waals surface area contributed by atoms with Crippen molar-refractivity contribution in [2.45, 2.75) is 35.5 Å². The third-order valence-corrected chi connectivity index (χ3v) is 7.92. The Bertz CT molecular complexity index is 1330. The third kappa shape index (κ3) is 5.76. The Morgan fingerprint density at radius 1 is 1.09 bits per heavy atom. The molecule has 1 N–H and O–H groups in total. The number of para-hydroxylation sites is 1. The number of ether oxygens (including phenoxy) is 1. The van der Waals surface area contributed by atoms with Crippen LogP contribution in [0.4, 0.5) is 0 Å². The quantitative estimate of drug-likeness (QED) is 0.253. The summed E-state index contributed by atoms with van der Waals surface area (Å²) in [5.74, 6) is 0.428. The number of hydrogen-bond donors (Lipinski definition) is 1. The van der Waals surface area contributed by atoms with Crippen LogP contribution in [0.5, 0.6) is 0 Å². The standard InChI is InChI=1S/C25H27N5O3S2/c1-4-20(23(31)26-18(24(32)33-3)15-34-14-16-10-6-5-7-11-16)35-25-27-22-21(28-29-25)17-12-8-9-13-19(17)30(22)2/h5-13,18,20H,4,14-15H2,1-3H3,(H,26,31)/t18-,20-/m0/s1. The van der Waals surface area contributed by atoms with Crippen molar-refractivity contribution in [1.29, 1.82) is 0 Å². The van der Waals surface area contributed by atoms with Crippen LogP contribution in [-0.4, -0.2) is 55.8 Å². The van der Waals surface area contributed by atoms with Crippen LogP contribution >= 0.6 is 23.5 Å². The third-order valence-electron chi connectivity index (χ3n) is 5.60. The lowest BCUT2D eigenvalue weighted by Crippen LogP contribution is -2.46. The van der Waals surface area contributed by atoms with Crippen molar-refractivity contribution in [3.8, 4) is 0 Å². The van der Waals surface area contributed by atoms with Gasteiger partial charge in [0.2, 0.25) is 11.1 Å². The van der Waals surface area contributed by atoms with Crippen LogP contribution in [0.15, 0.2) is 59.8 Å². The van der Waals surface area contributed by atoms with E-state index in [0.717, 1.165) is 27.7 Å². The normalized spacial score (nSPS) is 13.0. The van der Waals surface area contributed by atoms with E-state index >= 15 is 0 Å². The maximum Gasteiger partial charge on any atom is 0.329 e. The fourth-order valence-corrected chi connectivity index (χ4v) is 5.56. The van der Waals surface area contributed by atoms with Crippen LogP contribution in [0.25, 0.3) is 22.1 Å². The van der Waals surface area contributed by atoms with Crippen molar-refractivity contribution < 1.29 is 14.3 Å². The van der Waals surface area contributed by atoms with E-state index in [4.69, 9.17) is 4.74 Å². The summed E-state index contributed by atoms with van der Waals surface area (Å²) in [7, 11) is 3.26. The second-order valence-electron chi connectivity index (χ2n) is 7.94. The molecule has 0 saturated heterocycles. The first-order valence-corrected chi connectivity index (χ1v) is 13.3. The molecule has 0 spiro atoms. The number of carbonyl (C=O) groups is 2. The summed E-state index contributed by atoms with van der Waals surface area (Å²) in [6.45, 7) is 1.91. The number of hydrogen-bond acceptors (Lipinski definition) is 8. The number of methoxy groups -OCH3 is 1. The minimum absolute atomic E-state index is 0.256. The minimum atomic E-state index is -0.740. The van der Waals surface area contributed by atoms with Gasteiger partial charge in [0.25, 0.3) is 0 Å². The van der Waals surface area contributed by atoms with Gasteiger partial charge in [0.05, 0.1) is 17.9 Å². The molecule has 0 radical (unpaired) electrons. The molecule has 4 aromatic rings. The number of fused-ring (bicyclic) bond motifs is 3. The van der Waals surface area contributed by atoms with Gasteiger partial charge in [0.1, 0.15) is 11.6 Å². The first kappa shape index (κ1) is 25.0. The molecule has 1 amide bonds. The summed E-state index contributed by atoms with van der Waals surface area (Å²) in [6, 6.07) is 17.2. The first-order chi connectivity index (χ1) is 17.0. The van der Waals surface area contributed by atoms with Crippen LogP contribution < -0.4 is 5.32 Å². The molecule has 0 bridgehead atoms. The second kappa shape index (κ2) is 11.5. The first-order valence-electron chi connectivity index (χ1n) is 11.3. The molecular formula is C25H27N5O3S2. The highest BCUT2D eigenvalue weighted by Crippen LogP contribution is 2.28. The number of thioether (sulfide) groups is 2. The van der Waals surface area contributed by atoms with E-state index in [1.807, 2.05) is 73.1 Å². The van der Waals surface area contributed by atoms with Gasteiger partial charge in [-0.3, -0.25) is 4.79 Å². The maximum absolute atomic E-state index is 13.1. The van der Waals surface area contributed by atoms with Crippen LogP contribution in [0, 0.1) is 0 Å². The van der Waals surface area contributed by atoms with Crippen molar-refractivity contribution in [2.24, 2.45) is 7.05 Å². The SMILES string of the molecule is CC[C@H](Sc1nnc2c3ccccc3n(C)c2n1)C(=O)N[C@@H](CSCc1ccccc1)C(=O)OC. The number of benzene rings is 2. The smallest absolute Gasteiger partial charge is 0.329 e. The van der Waals surface area contributed by atoms with Gasteiger partial charge in [-0.2, -0.15) is 11.8 Å². The van der Waals surface area contributed by atoms with Gasteiger partial charge >= 0.3 is 5.97 Å². The lowest BCUT2D eigenvalue weighted by Gasteiger charge is -2.19. The molecule has 0 aliphatic rings. The number of nitrogens with zero attached hydrogens (tertiary/aromatic N) is 4. The predicted molar refractivity (Wildman–Crippen MR) is 140 cm³/mol. The predicted octanol–water partition coefficient (Wildman–Crippen LogP) is 3.98. The summed E-state index contributed by atoms with van der Waals surface area (Å²) in [6.07, 6.45) is 0.540. The van der Waals surface area contributed by atoms with Crippen LogP contribution in [0.3, 0.4) is 0 Å². The van der Waals surface area contributed by atoms with Crippen molar-refractivity contribution in [3.05, 3.63) is 60.2 Å². The molecule has 2 heterocycles. The van der Waals surface area contributed by atoms with E-state index in [0.29, 0.717) is 23.0 Å². The lowest BCUT2D eigenvalue weighted by atomic mass is 10.2. The molecule has 0 saturated carbocycles. The van der Waals surface area contributed by atoms with Crippen molar-refractivity contribution in [2.75, 3.05) is 12.9 Å². The van der Waals surface area contributed by atoms with Crippen LogP contribution in [-0.2, 0) is 27.1 Å². The molecule has 4 rings (SSSR count). The second-order valence-corrected chi connectivity index (χ2v) is 10.1. The average Bonchev–Trinajstić information content (AvgIpc) is 3.18. The number of aryl methyl sites for hydroxylation is 1. The van der Waals surface area contributed by atoms with Crippen LogP contribution in [0.2, 0.25) is 0 Å². The zero-order chi connectivity index (χ0) is 24.8. The molecule has 0 unspecified atom stereocenters. The Balaban J connectivity index is 1.44. The molecule has 2 aromatic carbocycles. The van der Waals surface area contributed by atoms with Gasteiger partial charge in [0.15, 0.2) is 5.65 Å². The number of esters is 1.